The first-order chi connectivity index (χ1) is 15.8. The molecule has 1 aliphatic heterocycles. The van der Waals surface area contributed by atoms with Crippen LogP contribution in [0.1, 0.15) is 49.1 Å². The Morgan fingerprint density at radius 2 is 1.88 bits per heavy atom. The fourth-order valence-corrected chi connectivity index (χ4v) is 5.91. The molecule has 0 radical (unpaired) electrons. The molecule has 2 N–H and O–H groups in total. The fourth-order valence-electron chi connectivity index (χ4n) is 4.81. The van der Waals surface area contributed by atoms with Crippen molar-refractivity contribution in [1.82, 2.24) is 25.1 Å². The number of likely N-dealkylation sites (tertiary alicyclic amines) is 1. The molecular formula is C25H30N6OS. The molecule has 1 aliphatic rings. The topological polar surface area (TPSA) is 87.1 Å². The Balaban J connectivity index is 1.31. The largest absolute Gasteiger partial charge is 0.389 e. The maximum Gasteiger partial charge on any atom is 0.149 e. The SMILES string of the molecule is Cc1nnc2sc3c(NCc4ccc(CN5CCCC5C(C)(C)O)cc4)ncnc3c2c1C. The Morgan fingerprint density at radius 1 is 1.12 bits per heavy atom. The molecule has 1 saturated heterocycles. The van der Waals surface area contributed by atoms with E-state index in [1.54, 1.807) is 17.7 Å². The molecule has 0 bridgehead atoms. The minimum atomic E-state index is -0.668. The van der Waals surface area contributed by atoms with Crippen molar-refractivity contribution in [2.45, 2.75) is 65.3 Å². The first-order valence-electron chi connectivity index (χ1n) is 11.5. The lowest BCUT2D eigenvalue weighted by Crippen LogP contribution is -2.45. The lowest BCUT2D eigenvalue weighted by molar-refractivity contribution is -0.00501. The van der Waals surface area contributed by atoms with E-state index in [4.69, 9.17) is 0 Å². The van der Waals surface area contributed by atoms with Crippen LogP contribution in [0.4, 0.5) is 5.82 Å². The predicted octanol–water partition coefficient (Wildman–Crippen LogP) is 4.60. The standard InChI is InChI=1S/C25H30N6OS/c1-15-16(2)29-30-24-20(15)21-22(33-24)23(28-14-27-21)26-12-17-7-9-18(10-8-17)13-31-11-5-6-19(31)25(3,4)32/h7-10,14,19,32H,5-6,11-13H2,1-4H3,(H,26,27,28). The van der Waals surface area contributed by atoms with Gasteiger partial charge in [-0.3, -0.25) is 4.90 Å². The molecule has 33 heavy (non-hydrogen) atoms. The highest BCUT2D eigenvalue weighted by Crippen LogP contribution is 2.36. The molecule has 0 amide bonds. The normalized spacial score (nSPS) is 17.3. The second-order valence-electron chi connectivity index (χ2n) is 9.54. The van der Waals surface area contributed by atoms with Crippen molar-refractivity contribution in [3.63, 3.8) is 0 Å². The molecule has 3 aromatic heterocycles. The molecule has 172 valence electrons. The van der Waals surface area contributed by atoms with Crippen LogP contribution in [0.15, 0.2) is 30.6 Å². The molecule has 4 heterocycles. The molecule has 7 nitrogen and oxygen atoms in total. The maximum absolute atomic E-state index is 10.5. The summed E-state index contributed by atoms with van der Waals surface area (Å²) in [7, 11) is 0. The first kappa shape index (κ1) is 22.1. The lowest BCUT2D eigenvalue weighted by Gasteiger charge is -2.33. The van der Waals surface area contributed by atoms with Crippen LogP contribution in [0.2, 0.25) is 0 Å². The third-order valence-electron chi connectivity index (χ3n) is 6.71. The molecular weight excluding hydrogens is 432 g/mol. The quantitative estimate of drug-likeness (QED) is 0.433. The van der Waals surface area contributed by atoms with Crippen molar-refractivity contribution in [3.8, 4) is 0 Å². The van der Waals surface area contributed by atoms with Gasteiger partial charge < -0.3 is 10.4 Å². The number of hydrogen-bond donors (Lipinski definition) is 2. The summed E-state index contributed by atoms with van der Waals surface area (Å²) in [5.74, 6) is 0.828. The third kappa shape index (κ3) is 4.30. The Labute approximate surface area is 197 Å². The van der Waals surface area contributed by atoms with Crippen molar-refractivity contribution in [2.75, 3.05) is 11.9 Å². The van der Waals surface area contributed by atoms with E-state index < -0.39 is 5.60 Å². The summed E-state index contributed by atoms with van der Waals surface area (Å²) in [6.45, 7) is 10.5. The van der Waals surface area contributed by atoms with Crippen molar-refractivity contribution in [3.05, 3.63) is 53.0 Å². The van der Waals surface area contributed by atoms with Gasteiger partial charge in [-0.1, -0.05) is 24.3 Å². The van der Waals surface area contributed by atoms with Crippen LogP contribution in [0.3, 0.4) is 0 Å². The summed E-state index contributed by atoms with van der Waals surface area (Å²) in [5.41, 5.74) is 4.78. The van der Waals surface area contributed by atoms with E-state index in [0.29, 0.717) is 6.54 Å². The molecule has 1 atom stereocenters. The molecule has 0 spiro atoms. The predicted molar refractivity (Wildman–Crippen MR) is 133 cm³/mol. The number of anilines is 1. The number of fused-ring (bicyclic) bond motifs is 3. The molecule has 0 saturated carbocycles. The molecule has 1 aromatic carbocycles. The summed E-state index contributed by atoms with van der Waals surface area (Å²) in [6.07, 6.45) is 3.82. The molecule has 4 aromatic rings. The molecule has 1 fully saturated rings. The number of aryl methyl sites for hydroxylation is 2. The maximum atomic E-state index is 10.5. The van der Waals surface area contributed by atoms with E-state index in [9.17, 15) is 5.11 Å². The first-order valence-corrected chi connectivity index (χ1v) is 12.3. The van der Waals surface area contributed by atoms with Crippen LogP contribution in [-0.4, -0.2) is 48.4 Å². The van der Waals surface area contributed by atoms with Gasteiger partial charge in [0.1, 0.15) is 17.0 Å². The zero-order chi connectivity index (χ0) is 23.2. The zero-order valence-electron chi connectivity index (χ0n) is 19.6. The van der Waals surface area contributed by atoms with Gasteiger partial charge in [0.15, 0.2) is 0 Å². The van der Waals surface area contributed by atoms with Crippen molar-refractivity contribution in [2.24, 2.45) is 0 Å². The number of rotatable bonds is 6. The number of nitrogens with zero attached hydrogens (tertiary/aromatic N) is 5. The van der Waals surface area contributed by atoms with Gasteiger partial charge >= 0.3 is 0 Å². The lowest BCUT2D eigenvalue weighted by atomic mass is 9.96. The summed E-state index contributed by atoms with van der Waals surface area (Å²) in [5, 5.41) is 23.7. The molecule has 0 aliphatic carbocycles. The van der Waals surface area contributed by atoms with Gasteiger partial charge in [0, 0.05) is 24.5 Å². The van der Waals surface area contributed by atoms with E-state index in [2.05, 4.69) is 61.6 Å². The average Bonchev–Trinajstić information content (AvgIpc) is 3.41. The Kier molecular flexibility index (Phi) is 5.76. The van der Waals surface area contributed by atoms with Gasteiger partial charge in [-0.25, -0.2) is 9.97 Å². The van der Waals surface area contributed by atoms with E-state index in [-0.39, 0.29) is 6.04 Å². The highest BCUT2D eigenvalue weighted by molar-refractivity contribution is 7.25. The number of nitrogens with one attached hydrogen (secondary N) is 1. The van der Waals surface area contributed by atoms with Gasteiger partial charge in [0.25, 0.3) is 0 Å². The van der Waals surface area contributed by atoms with Crippen molar-refractivity contribution < 1.29 is 5.11 Å². The van der Waals surface area contributed by atoms with Gasteiger partial charge in [0.2, 0.25) is 0 Å². The molecule has 1 unspecified atom stereocenters. The van der Waals surface area contributed by atoms with Crippen LogP contribution in [-0.2, 0) is 13.1 Å². The average molecular weight is 463 g/mol. The smallest absolute Gasteiger partial charge is 0.149 e. The number of aliphatic hydroxyl groups is 1. The second kappa shape index (κ2) is 8.59. The highest BCUT2D eigenvalue weighted by atomic mass is 32.1. The molecule has 5 rings (SSSR count). The summed E-state index contributed by atoms with van der Waals surface area (Å²) in [6, 6.07) is 8.93. The summed E-state index contributed by atoms with van der Waals surface area (Å²) in [4.78, 5) is 12.3. The van der Waals surface area contributed by atoms with Crippen LogP contribution in [0.25, 0.3) is 20.4 Å². The van der Waals surface area contributed by atoms with Crippen LogP contribution < -0.4 is 5.32 Å². The van der Waals surface area contributed by atoms with Crippen LogP contribution >= 0.6 is 11.3 Å². The number of hydrogen-bond acceptors (Lipinski definition) is 8. The second-order valence-corrected chi connectivity index (χ2v) is 10.5. The van der Waals surface area contributed by atoms with Gasteiger partial charge in [-0.05, 0) is 63.8 Å². The minimum absolute atomic E-state index is 0.220. The zero-order valence-corrected chi connectivity index (χ0v) is 20.4. The van der Waals surface area contributed by atoms with E-state index in [0.717, 1.165) is 63.4 Å². The monoisotopic (exact) mass is 462 g/mol. The van der Waals surface area contributed by atoms with Crippen molar-refractivity contribution in [1.29, 1.82) is 0 Å². The Bertz CT molecular complexity index is 1290. The van der Waals surface area contributed by atoms with E-state index >= 15 is 0 Å². The summed E-state index contributed by atoms with van der Waals surface area (Å²) >= 11 is 1.58. The van der Waals surface area contributed by atoms with E-state index in [1.807, 2.05) is 20.8 Å². The van der Waals surface area contributed by atoms with Gasteiger partial charge in [-0.2, -0.15) is 5.10 Å². The van der Waals surface area contributed by atoms with E-state index in [1.165, 1.54) is 11.1 Å². The minimum Gasteiger partial charge on any atom is -0.389 e. The summed E-state index contributed by atoms with van der Waals surface area (Å²) < 4.78 is 1.01. The van der Waals surface area contributed by atoms with Crippen molar-refractivity contribution >= 4 is 37.6 Å². The number of benzene rings is 1. The highest BCUT2D eigenvalue weighted by Gasteiger charge is 2.35. The Hall–Kier alpha value is -2.68. The fraction of sp³-hybridized carbons (Fsp3) is 0.440. The number of aromatic nitrogens is 4. The van der Waals surface area contributed by atoms with Gasteiger partial charge in [-0.15, -0.1) is 16.4 Å². The number of thiophene rings is 1. The van der Waals surface area contributed by atoms with Crippen LogP contribution in [0.5, 0.6) is 0 Å². The molecule has 8 heteroatoms. The van der Waals surface area contributed by atoms with Gasteiger partial charge in [0.05, 0.1) is 21.5 Å². The third-order valence-corrected chi connectivity index (χ3v) is 7.78. The van der Waals surface area contributed by atoms with Crippen LogP contribution in [0, 0.1) is 13.8 Å². The Morgan fingerprint density at radius 3 is 2.64 bits per heavy atom.